The number of alkyl halides is 3. The van der Waals surface area contributed by atoms with Gasteiger partial charge in [-0.25, -0.2) is 9.97 Å². The van der Waals surface area contributed by atoms with E-state index < -0.39 is 24.1 Å². The first kappa shape index (κ1) is 28.2. The smallest absolute Gasteiger partial charge is 0.397 e. The number of aryl methyl sites for hydroxylation is 1. The van der Waals surface area contributed by atoms with Crippen LogP contribution in [0.15, 0.2) is 46.5 Å². The Labute approximate surface area is 215 Å². The van der Waals surface area contributed by atoms with Gasteiger partial charge in [0.2, 0.25) is 5.91 Å². The fraction of sp³-hybridized carbons (Fsp3) is 0.391. The number of nitrogens with one attached hydrogen (secondary N) is 3. The number of carbonyl (C=O) groups is 1. The van der Waals surface area contributed by atoms with E-state index in [0.29, 0.717) is 35.7 Å². The number of aromatic amines is 1. The summed E-state index contributed by atoms with van der Waals surface area (Å²) in [6.07, 6.45) is -6.11. The number of rotatable bonds is 7. The summed E-state index contributed by atoms with van der Waals surface area (Å²) in [5.41, 5.74) is 0.359. The first-order valence-electron chi connectivity index (χ1n) is 11.3. The highest BCUT2D eigenvalue weighted by molar-refractivity contribution is 7.99. The van der Waals surface area contributed by atoms with E-state index in [-0.39, 0.29) is 12.3 Å². The maximum absolute atomic E-state index is 12.3. The second-order valence-electron chi connectivity index (χ2n) is 8.59. The maximum atomic E-state index is 12.3. The number of amides is 1. The number of nitrogens with zero attached hydrogens (tertiary/aromatic N) is 4. The predicted octanol–water partition coefficient (Wildman–Crippen LogP) is 3.86. The third kappa shape index (κ3) is 8.91. The van der Waals surface area contributed by atoms with Crippen molar-refractivity contribution in [3.8, 4) is 0 Å². The predicted molar refractivity (Wildman–Crippen MR) is 134 cm³/mol. The van der Waals surface area contributed by atoms with Gasteiger partial charge >= 0.3 is 6.18 Å². The van der Waals surface area contributed by atoms with Crippen molar-refractivity contribution in [1.29, 1.82) is 0 Å². The van der Waals surface area contributed by atoms with Gasteiger partial charge in [-0.15, -0.1) is 0 Å². The van der Waals surface area contributed by atoms with Crippen LogP contribution in [0.3, 0.4) is 0 Å². The molecular weight excluding hydrogens is 511 g/mol. The van der Waals surface area contributed by atoms with Gasteiger partial charge < -0.3 is 25.7 Å². The summed E-state index contributed by atoms with van der Waals surface area (Å²) in [5, 5.41) is 30.4. The van der Waals surface area contributed by atoms with Gasteiger partial charge in [0, 0.05) is 48.1 Å². The molecule has 1 fully saturated rings. The quantitative estimate of drug-likeness (QED) is 0.283. The minimum atomic E-state index is -4.56. The van der Waals surface area contributed by atoms with Crippen LogP contribution in [0.4, 0.5) is 36.3 Å². The molecule has 10 nitrogen and oxygen atoms in total. The number of carbonyl (C=O) groups excluding carboxylic acids is 1. The molecule has 3 heterocycles. The van der Waals surface area contributed by atoms with Crippen LogP contribution in [-0.2, 0) is 4.79 Å². The van der Waals surface area contributed by atoms with E-state index >= 15 is 0 Å². The number of halogens is 3. The number of benzene rings is 1. The van der Waals surface area contributed by atoms with Gasteiger partial charge in [-0.1, -0.05) is 0 Å². The molecule has 1 aliphatic rings. The molecule has 0 bridgehead atoms. The van der Waals surface area contributed by atoms with E-state index in [1.165, 1.54) is 23.9 Å². The zero-order chi connectivity index (χ0) is 27.2. The number of aliphatic hydroxyl groups excluding tert-OH is 1. The van der Waals surface area contributed by atoms with Crippen LogP contribution in [0.2, 0.25) is 0 Å². The Balaban J connectivity index is 0.00000121. The fourth-order valence-corrected chi connectivity index (χ4v) is 4.10. The average Bonchev–Trinajstić information content (AvgIpc) is 3.17. The molecule has 1 saturated heterocycles. The fourth-order valence-electron chi connectivity index (χ4n) is 3.33. The summed E-state index contributed by atoms with van der Waals surface area (Å²) in [7, 11) is 0. The zero-order valence-electron chi connectivity index (χ0n) is 20.4. The third-order valence-corrected chi connectivity index (χ3v) is 5.62. The molecule has 3 aromatic rings. The summed E-state index contributed by atoms with van der Waals surface area (Å²) in [6, 6.07) is 9.93. The van der Waals surface area contributed by atoms with Crippen LogP contribution in [-0.4, -0.2) is 67.8 Å². The number of anilines is 4. The first-order valence-corrected chi connectivity index (χ1v) is 12.1. The molecule has 2 aromatic heterocycles. The van der Waals surface area contributed by atoms with Gasteiger partial charge in [-0.3, -0.25) is 9.89 Å². The highest BCUT2D eigenvalue weighted by Crippen LogP contribution is 2.33. The van der Waals surface area contributed by atoms with Crippen molar-refractivity contribution in [2.24, 2.45) is 0 Å². The Morgan fingerprint density at radius 3 is 2.38 bits per heavy atom. The van der Waals surface area contributed by atoms with Crippen molar-refractivity contribution < 1.29 is 28.2 Å². The Morgan fingerprint density at radius 1 is 1.19 bits per heavy atom. The van der Waals surface area contributed by atoms with Crippen LogP contribution in [0.25, 0.3) is 0 Å². The number of aromatic nitrogens is 4. The van der Waals surface area contributed by atoms with E-state index in [0.717, 1.165) is 10.6 Å². The summed E-state index contributed by atoms with van der Waals surface area (Å²) >= 11 is 1.25. The Morgan fingerprint density at radius 2 is 1.84 bits per heavy atom. The maximum Gasteiger partial charge on any atom is 0.397 e. The van der Waals surface area contributed by atoms with Crippen LogP contribution in [0.5, 0.6) is 0 Å². The lowest BCUT2D eigenvalue weighted by atomic mass is 9.97. The van der Waals surface area contributed by atoms with Gasteiger partial charge in [-0.05, 0) is 56.8 Å². The van der Waals surface area contributed by atoms with Crippen molar-refractivity contribution in [3.05, 3.63) is 42.1 Å². The number of hydrogen-bond donors (Lipinski definition) is 5. The molecule has 4 rings (SSSR count). The van der Waals surface area contributed by atoms with Crippen molar-refractivity contribution in [1.82, 2.24) is 20.2 Å². The molecule has 37 heavy (non-hydrogen) atoms. The van der Waals surface area contributed by atoms with E-state index in [1.807, 2.05) is 17.9 Å². The lowest BCUT2D eigenvalue weighted by Crippen LogP contribution is -2.60. The normalized spacial score (nSPS) is 14.3. The number of hydrogen-bond acceptors (Lipinski definition) is 9. The van der Waals surface area contributed by atoms with Crippen molar-refractivity contribution in [2.75, 3.05) is 35.2 Å². The highest BCUT2D eigenvalue weighted by Gasteiger charge is 2.37. The topological polar surface area (TPSA) is 139 Å². The number of aliphatic hydroxyl groups is 2. The van der Waals surface area contributed by atoms with Gasteiger partial charge in [0.05, 0.1) is 5.60 Å². The van der Waals surface area contributed by atoms with Crippen molar-refractivity contribution in [3.63, 3.8) is 0 Å². The third-order valence-electron chi connectivity index (χ3n) is 4.75. The lowest BCUT2D eigenvalue weighted by molar-refractivity contribution is -0.150. The lowest BCUT2D eigenvalue weighted by Gasteiger charge is -2.45. The van der Waals surface area contributed by atoms with Crippen molar-refractivity contribution >= 4 is 40.8 Å². The highest BCUT2D eigenvalue weighted by atomic mass is 32.2. The second-order valence-corrected chi connectivity index (χ2v) is 9.63. The molecule has 0 aliphatic carbocycles. The summed E-state index contributed by atoms with van der Waals surface area (Å²) < 4.78 is 37.0. The second kappa shape index (κ2) is 11.8. The molecular formula is C23H28F3N7O3S. The first-order chi connectivity index (χ1) is 17.4. The number of β-amino-alcohol motifs (C(OH)–C–C–N with tert-alkyl or cyclic N) is 1. The van der Waals surface area contributed by atoms with Crippen LogP contribution in [0.1, 0.15) is 26.0 Å². The van der Waals surface area contributed by atoms with Gasteiger partial charge in [0.1, 0.15) is 18.1 Å². The minimum Gasteiger partial charge on any atom is -0.397 e. The van der Waals surface area contributed by atoms with Gasteiger partial charge in [0.15, 0.2) is 11.0 Å². The molecule has 0 radical (unpaired) electrons. The largest absolute Gasteiger partial charge is 0.397 e. The molecule has 1 amide bonds. The van der Waals surface area contributed by atoms with Crippen LogP contribution in [0, 0.1) is 6.92 Å². The minimum absolute atomic E-state index is 0.250. The van der Waals surface area contributed by atoms with E-state index in [4.69, 9.17) is 5.11 Å². The monoisotopic (exact) mass is 539 g/mol. The Hall–Kier alpha value is -3.36. The molecule has 5 N–H and O–H groups in total. The molecule has 1 aliphatic heterocycles. The van der Waals surface area contributed by atoms with E-state index in [9.17, 15) is 23.1 Å². The molecule has 0 unspecified atom stereocenters. The standard InChI is InChI=1S/C21H22F3N7O2S.C2H6O/c1-12-7-16(30-29-12)26-15-8-17(31-10-20(2,33)11-31)28-19(27-15)34-14-5-3-13(4-6-14)25-18(32)9-21(22,23)24;1-2-3/h3-8,33H,9-11H2,1-2H3,(H,25,32)(H2,26,27,28,29,30);3H,2H2,1H3. The zero-order valence-corrected chi connectivity index (χ0v) is 21.2. The van der Waals surface area contributed by atoms with Gasteiger partial charge in [-0.2, -0.15) is 18.3 Å². The summed E-state index contributed by atoms with van der Waals surface area (Å²) in [5.74, 6) is 0.614. The SMILES string of the molecule is CCO.Cc1cc(Nc2cc(N3CC(C)(O)C3)nc(Sc3ccc(NC(=O)CC(F)(F)F)cc3)n2)n[nH]1. The molecule has 1 aromatic carbocycles. The van der Waals surface area contributed by atoms with Crippen LogP contribution < -0.4 is 15.5 Å². The molecule has 14 heteroatoms. The Kier molecular flexibility index (Phi) is 8.99. The summed E-state index contributed by atoms with van der Waals surface area (Å²) in [4.78, 5) is 23.2. The number of H-pyrrole nitrogens is 1. The molecule has 200 valence electrons. The van der Waals surface area contributed by atoms with E-state index in [2.05, 4.69) is 30.8 Å². The van der Waals surface area contributed by atoms with Gasteiger partial charge in [0.25, 0.3) is 0 Å². The van der Waals surface area contributed by atoms with Crippen LogP contribution >= 0.6 is 11.8 Å². The summed E-state index contributed by atoms with van der Waals surface area (Å²) in [6.45, 7) is 6.42. The molecule has 0 atom stereocenters. The molecule has 0 spiro atoms. The Bertz CT molecular complexity index is 1200. The average molecular weight is 540 g/mol. The van der Waals surface area contributed by atoms with E-state index in [1.54, 1.807) is 32.0 Å². The molecule has 0 saturated carbocycles. The van der Waals surface area contributed by atoms with Crippen molar-refractivity contribution in [2.45, 2.75) is 49.0 Å².